The average molecular weight is 305 g/mol. The summed E-state index contributed by atoms with van der Waals surface area (Å²) in [5.74, 6) is -1.97. The quantitative estimate of drug-likeness (QED) is 0.845. The Balaban J connectivity index is 2.17. The Morgan fingerprint density at radius 2 is 1.82 bits per heavy atom. The number of rotatable bonds is 6. The van der Waals surface area contributed by atoms with Gasteiger partial charge in [-0.25, -0.2) is 4.79 Å². The molecule has 2 rings (SSSR count). The molecule has 1 aliphatic rings. The average Bonchev–Trinajstić information content (AvgIpc) is 2.49. The molecule has 1 saturated carbocycles. The van der Waals surface area contributed by atoms with Gasteiger partial charge in [0.05, 0.1) is 12.0 Å². The molecule has 0 aromatic heterocycles. The minimum Gasteiger partial charge on any atom is -0.481 e. The van der Waals surface area contributed by atoms with E-state index in [-0.39, 0.29) is 12.0 Å². The first-order valence-electron chi connectivity index (χ1n) is 7.74. The van der Waals surface area contributed by atoms with Crippen molar-refractivity contribution in [3.05, 3.63) is 34.9 Å². The highest BCUT2D eigenvalue weighted by Crippen LogP contribution is 2.24. The van der Waals surface area contributed by atoms with Gasteiger partial charge in [-0.05, 0) is 43.1 Å². The molecule has 5 nitrogen and oxygen atoms in total. The van der Waals surface area contributed by atoms with Crippen LogP contribution < -0.4 is 0 Å². The zero-order chi connectivity index (χ0) is 16.1. The van der Waals surface area contributed by atoms with Crippen molar-refractivity contribution in [1.82, 2.24) is 4.90 Å². The summed E-state index contributed by atoms with van der Waals surface area (Å²) in [6.45, 7) is 0.660. The first-order valence-corrected chi connectivity index (χ1v) is 7.74. The van der Waals surface area contributed by atoms with Gasteiger partial charge in [-0.1, -0.05) is 25.3 Å². The van der Waals surface area contributed by atoms with E-state index in [1.54, 1.807) is 12.1 Å². The summed E-state index contributed by atoms with van der Waals surface area (Å²) >= 11 is 0. The van der Waals surface area contributed by atoms with Crippen LogP contribution in [0.5, 0.6) is 0 Å². The molecule has 1 aliphatic carbocycles. The number of aliphatic carboxylic acids is 1. The Kier molecular flexibility index (Phi) is 5.55. The van der Waals surface area contributed by atoms with Crippen LogP contribution in [-0.2, 0) is 17.8 Å². The van der Waals surface area contributed by atoms with E-state index in [1.165, 1.54) is 38.2 Å². The number of aromatic carboxylic acids is 1. The third-order valence-electron chi connectivity index (χ3n) is 4.41. The Morgan fingerprint density at radius 1 is 1.14 bits per heavy atom. The molecule has 1 aromatic carbocycles. The molecule has 0 heterocycles. The van der Waals surface area contributed by atoms with E-state index in [0.29, 0.717) is 18.2 Å². The van der Waals surface area contributed by atoms with Crippen LogP contribution in [0.2, 0.25) is 0 Å². The van der Waals surface area contributed by atoms with Gasteiger partial charge >= 0.3 is 11.9 Å². The Bertz CT molecular complexity index is 550. The van der Waals surface area contributed by atoms with Gasteiger partial charge in [0.25, 0.3) is 0 Å². The highest BCUT2D eigenvalue weighted by molar-refractivity contribution is 5.88. The Hall–Kier alpha value is -1.88. The molecular weight excluding hydrogens is 282 g/mol. The maximum absolute atomic E-state index is 11.1. The van der Waals surface area contributed by atoms with E-state index in [9.17, 15) is 9.59 Å². The molecule has 0 unspecified atom stereocenters. The summed E-state index contributed by atoms with van der Waals surface area (Å²) in [5, 5.41) is 18.1. The molecule has 1 aromatic rings. The second kappa shape index (κ2) is 7.40. The lowest BCUT2D eigenvalue weighted by Crippen LogP contribution is -2.33. The summed E-state index contributed by atoms with van der Waals surface area (Å²) in [4.78, 5) is 24.4. The number of nitrogens with zero attached hydrogens (tertiary/aromatic N) is 1. The van der Waals surface area contributed by atoms with Gasteiger partial charge in [0.2, 0.25) is 0 Å². The van der Waals surface area contributed by atoms with Crippen molar-refractivity contribution in [3.63, 3.8) is 0 Å². The van der Waals surface area contributed by atoms with Crippen molar-refractivity contribution in [2.45, 2.75) is 51.1 Å². The van der Waals surface area contributed by atoms with Gasteiger partial charge < -0.3 is 10.2 Å². The molecule has 5 heteroatoms. The molecule has 0 radical (unpaired) electrons. The van der Waals surface area contributed by atoms with E-state index in [2.05, 4.69) is 11.9 Å². The van der Waals surface area contributed by atoms with Gasteiger partial charge in [-0.3, -0.25) is 9.69 Å². The summed E-state index contributed by atoms with van der Waals surface area (Å²) in [7, 11) is 2.06. The van der Waals surface area contributed by atoms with E-state index in [4.69, 9.17) is 10.2 Å². The molecular formula is C17H23NO4. The Morgan fingerprint density at radius 3 is 2.41 bits per heavy atom. The topological polar surface area (TPSA) is 77.8 Å². The summed E-state index contributed by atoms with van der Waals surface area (Å²) < 4.78 is 0. The van der Waals surface area contributed by atoms with Crippen LogP contribution in [0, 0.1) is 0 Å². The largest absolute Gasteiger partial charge is 0.481 e. The monoisotopic (exact) mass is 305 g/mol. The number of carboxylic acid groups (broad SMARTS) is 2. The number of hydrogen-bond acceptors (Lipinski definition) is 3. The van der Waals surface area contributed by atoms with Crippen molar-refractivity contribution in [1.29, 1.82) is 0 Å². The predicted octanol–water partition coefficient (Wildman–Crippen LogP) is 2.78. The molecule has 0 spiro atoms. The van der Waals surface area contributed by atoms with Crippen LogP contribution in [0.4, 0.5) is 0 Å². The molecule has 2 N–H and O–H groups in total. The molecule has 120 valence electrons. The summed E-state index contributed by atoms with van der Waals surface area (Å²) in [6.07, 6.45) is 6.00. The van der Waals surface area contributed by atoms with E-state index < -0.39 is 11.9 Å². The molecule has 0 atom stereocenters. The molecule has 1 fully saturated rings. The number of benzene rings is 1. The lowest BCUT2D eigenvalue weighted by Gasteiger charge is -2.31. The van der Waals surface area contributed by atoms with Crippen LogP contribution in [0.1, 0.15) is 53.6 Å². The second-order valence-corrected chi connectivity index (χ2v) is 6.07. The molecule has 22 heavy (non-hydrogen) atoms. The fourth-order valence-electron chi connectivity index (χ4n) is 3.16. The minimum absolute atomic E-state index is 0.139. The zero-order valence-electron chi connectivity index (χ0n) is 12.9. The number of carboxylic acids is 2. The van der Waals surface area contributed by atoms with Gasteiger partial charge in [-0.2, -0.15) is 0 Å². The van der Waals surface area contributed by atoms with Gasteiger partial charge in [0.15, 0.2) is 0 Å². The Labute approximate surface area is 130 Å². The first kappa shape index (κ1) is 16.5. The van der Waals surface area contributed by atoms with Crippen LogP contribution in [0.25, 0.3) is 0 Å². The third-order valence-corrected chi connectivity index (χ3v) is 4.41. The van der Waals surface area contributed by atoms with Crippen LogP contribution in [0.3, 0.4) is 0 Å². The molecule has 0 aliphatic heterocycles. The smallest absolute Gasteiger partial charge is 0.335 e. The maximum Gasteiger partial charge on any atom is 0.335 e. The highest BCUT2D eigenvalue weighted by atomic mass is 16.4. The number of carbonyl (C=O) groups is 2. The summed E-state index contributed by atoms with van der Waals surface area (Å²) in [6, 6.07) is 5.32. The predicted molar refractivity (Wildman–Crippen MR) is 83.1 cm³/mol. The second-order valence-electron chi connectivity index (χ2n) is 6.07. The van der Waals surface area contributed by atoms with E-state index in [0.717, 1.165) is 5.56 Å². The lowest BCUT2D eigenvalue weighted by atomic mass is 9.93. The van der Waals surface area contributed by atoms with Gasteiger partial charge in [0.1, 0.15) is 0 Å². The van der Waals surface area contributed by atoms with Crippen molar-refractivity contribution in [2.24, 2.45) is 0 Å². The van der Waals surface area contributed by atoms with Crippen LogP contribution in [-0.4, -0.2) is 40.1 Å². The normalized spacial score (nSPS) is 15.9. The van der Waals surface area contributed by atoms with Crippen molar-refractivity contribution in [2.75, 3.05) is 7.05 Å². The molecule has 0 amide bonds. The van der Waals surface area contributed by atoms with Gasteiger partial charge in [-0.15, -0.1) is 0 Å². The van der Waals surface area contributed by atoms with E-state index in [1.807, 2.05) is 0 Å². The van der Waals surface area contributed by atoms with Crippen LogP contribution >= 0.6 is 0 Å². The SMILES string of the molecule is CN(Cc1ccc(C(=O)O)cc1CC(=O)O)C1CCCCC1. The first-order chi connectivity index (χ1) is 10.5. The zero-order valence-corrected chi connectivity index (χ0v) is 12.9. The van der Waals surface area contributed by atoms with Crippen molar-refractivity contribution < 1.29 is 19.8 Å². The maximum atomic E-state index is 11.1. The van der Waals surface area contributed by atoms with E-state index >= 15 is 0 Å². The van der Waals surface area contributed by atoms with Crippen molar-refractivity contribution in [3.8, 4) is 0 Å². The molecule has 0 bridgehead atoms. The summed E-state index contributed by atoms with van der Waals surface area (Å²) in [5.41, 5.74) is 1.64. The van der Waals surface area contributed by atoms with Crippen LogP contribution in [0.15, 0.2) is 18.2 Å². The highest BCUT2D eigenvalue weighted by Gasteiger charge is 2.19. The molecule has 0 saturated heterocycles. The fraction of sp³-hybridized carbons (Fsp3) is 0.529. The number of hydrogen-bond donors (Lipinski definition) is 2. The van der Waals surface area contributed by atoms with Crippen molar-refractivity contribution >= 4 is 11.9 Å². The third kappa shape index (κ3) is 4.31. The fourth-order valence-corrected chi connectivity index (χ4v) is 3.16. The standard InChI is InChI=1S/C17H23NO4/c1-18(15-5-3-2-4-6-15)11-13-8-7-12(17(21)22)9-14(13)10-16(19)20/h7-9,15H,2-6,10-11H2,1H3,(H,19,20)(H,21,22). The van der Waals surface area contributed by atoms with Gasteiger partial charge in [0, 0.05) is 12.6 Å². The minimum atomic E-state index is -1.03. The lowest BCUT2D eigenvalue weighted by molar-refractivity contribution is -0.136.